The van der Waals surface area contributed by atoms with Crippen LogP contribution in [-0.2, 0) is 0 Å². The van der Waals surface area contributed by atoms with Gasteiger partial charge in [0.2, 0.25) is 5.91 Å². The van der Waals surface area contributed by atoms with E-state index in [0.717, 1.165) is 21.3 Å². The highest BCUT2D eigenvalue weighted by atomic mass is 79.9. The third kappa shape index (κ3) is 3.64. The zero-order valence-corrected chi connectivity index (χ0v) is 13.9. The molecule has 0 aliphatic heterocycles. The lowest BCUT2D eigenvalue weighted by Gasteiger charge is -2.15. The predicted molar refractivity (Wildman–Crippen MR) is 88.0 cm³/mol. The molecule has 2 N–H and O–H groups in total. The van der Waals surface area contributed by atoms with Gasteiger partial charge in [-0.15, -0.1) is 0 Å². The van der Waals surface area contributed by atoms with Crippen molar-refractivity contribution < 1.29 is 9.53 Å². The van der Waals surface area contributed by atoms with Crippen LogP contribution in [0.25, 0.3) is 0 Å². The fourth-order valence-corrected chi connectivity index (χ4v) is 2.55. The molecule has 0 saturated carbocycles. The molecule has 2 aromatic carbocycles. The summed E-state index contributed by atoms with van der Waals surface area (Å²) in [5, 5.41) is 0. The van der Waals surface area contributed by atoms with Crippen LogP contribution in [0.2, 0.25) is 0 Å². The second-order valence-corrected chi connectivity index (χ2v) is 6.20. The summed E-state index contributed by atoms with van der Waals surface area (Å²) in [5.74, 6) is 1.44. The maximum Gasteiger partial charge on any atom is 0.248 e. The molecule has 0 spiro atoms. The van der Waals surface area contributed by atoms with Crippen LogP contribution < -0.4 is 10.5 Å². The number of carbonyl (C=O) groups excluding carboxylic acids is 1. The fraction of sp³-hybridized carbons (Fsp3) is 0.235. The van der Waals surface area contributed by atoms with Crippen LogP contribution in [0.1, 0.15) is 41.3 Å². The van der Waals surface area contributed by atoms with Gasteiger partial charge in [-0.25, -0.2) is 0 Å². The summed E-state index contributed by atoms with van der Waals surface area (Å²) in [6, 6.07) is 11.2. The van der Waals surface area contributed by atoms with Gasteiger partial charge in [0.05, 0.1) is 0 Å². The standard InChI is InChI=1S/C17H18BrNO2/c1-10(2)15-9-12(18)4-7-16(15)21-13-5-6-14(17(19)20)11(3)8-13/h4-10H,1-3H3,(H2,19,20). The summed E-state index contributed by atoms with van der Waals surface area (Å²) in [6.07, 6.45) is 0. The Morgan fingerprint density at radius 1 is 1.19 bits per heavy atom. The molecule has 2 aromatic rings. The average Bonchev–Trinajstić information content (AvgIpc) is 2.40. The summed E-state index contributed by atoms with van der Waals surface area (Å²) < 4.78 is 7.00. The lowest BCUT2D eigenvalue weighted by molar-refractivity contribution is 0.0999. The van der Waals surface area contributed by atoms with Gasteiger partial charge < -0.3 is 10.5 Å². The molecule has 3 nitrogen and oxygen atoms in total. The van der Waals surface area contributed by atoms with Gasteiger partial charge in [-0.05, 0) is 60.4 Å². The van der Waals surface area contributed by atoms with Crippen LogP contribution in [0.3, 0.4) is 0 Å². The second kappa shape index (κ2) is 6.31. The molecule has 0 heterocycles. The first-order valence-corrected chi connectivity index (χ1v) is 7.55. The molecule has 0 aliphatic rings. The number of rotatable bonds is 4. The number of primary amides is 1. The molecule has 110 valence electrons. The molecule has 0 saturated heterocycles. The van der Waals surface area contributed by atoms with Gasteiger partial charge in [-0.1, -0.05) is 29.8 Å². The highest BCUT2D eigenvalue weighted by molar-refractivity contribution is 9.10. The quantitative estimate of drug-likeness (QED) is 0.865. The van der Waals surface area contributed by atoms with E-state index in [4.69, 9.17) is 10.5 Å². The van der Waals surface area contributed by atoms with Crippen molar-refractivity contribution in [3.63, 3.8) is 0 Å². The van der Waals surface area contributed by atoms with Crippen molar-refractivity contribution in [1.82, 2.24) is 0 Å². The first kappa shape index (κ1) is 15.6. The van der Waals surface area contributed by atoms with Crippen LogP contribution in [0.15, 0.2) is 40.9 Å². The van der Waals surface area contributed by atoms with Gasteiger partial charge in [-0.3, -0.25) is 4.79 Å². The molecular formula is C17H18BrNO2. The molecule has 21 heavy (non-hydrogen) atoms. The highest BCUT2D eigenvalue weighted by Gasteiger charge is 2.11. The fourth-order valence-electron chi connectivity index (χ4n) is 2.17. The summed E-state index contributed by atoms with van der Waals surface area (Å²) in [7, 11) is 0. The van der Waals surface area contributed by atoms with Crippen LogP contribution in [0.5, 0.6) is 11.5 Å². The van der Waals surface area contributed by atoms with Gasteiger partial charge in [0.25, 0.3) is 0 Å². The number of hydrogen-bond acceptors (Lipinski definition) is 2. The van der Waals surface area contributed by atoms with Gasteiger partial charge >= 0.3 is 0 Å². The molecule has 1 amide bonds. The molecule has 0 fully saturated rings. The van der Waals surface area contributed by atoms with Crippen molar-refractivity contribution in [1.29, 1.82) is 0 Å². The van der Waals surface area contributed by atoms with Crippen LogP contribution in [-0.4, -0.2) is 5.91 Å². The Bertz CT molecular complexity index is 680. The Morgan fingerprint density at radius 3 is 2.48 bits per heavy atom. The zero-order chi connectivity index (χ0) is 15.6. The normalized spacial score (nSPS) is 10.7. The van der Waals surface area contributed by atoms with E-state index < -0.39 is 5.91 Å². The van der Waals surface area contributed by atoms with E-state index in [0.29, 0.717) is 17.2 Å². The molecule has 0 aromatic heterocycles. The van der Waals surface area contributed by atoms with Crippen molar-refractivity contribution in [3.05, 3.63) is 57.6 Å². The third-order valence-electron chi connectivity index (χ3n) is 3.28. The van der Waals surface area contributed by atoms with E-state index in [1.165, 1.54) is 0 Å². The molecule has 0 unspecified atom stereocenters. The van der Waals surface area contributed by atoms with Crippen LogP contribution in [0, 0.1) is 6.92 Å². The first-order valence-electron chi connectivity index (χ1n) is 6.76. The van der Waals surface area contributed by atoms with Crippen molar-refractivity contribution in [3.8, 4) is 11.5 Å². The minimum absolute atomic E-state index is 0.350. The lowest BCUT2D eigenvalue weighted by Crippen LogP contribution is -2.12. The molecule has 4 heteroatoms. The van der Waals surface area contributed by atoms with E-state index in [2.05, 4.69) is 35.8 Å². The molecule has 0 bridgehead atoms. The van der Waals surface area contributed by atoms with Gasteiger partial charge in [0.15, 0.2) is 0 Å². The Hall–Kier alpha value is -1.81. The number of nitrogens with two attached hydrogens (primary N) is 1. The number of benzene rings is 2. The number of aryl methyl sites for hydroxylation is 1. The van der Waals surface area contributed by atoms with Gasteiger partial charge in [0.1, 0.15) is 11.5 Å². The number of hydrogen-bond donors (Lipinski definition) is 1. The average molecular weight is 348 g/mol. The third-order valence-corrected chi connectivity index (χ3v) is 3.78. The van der Waals surface area contributed by atoms with Crippen molar-refractivity contribution in [2.24, 2.45) is 5.73 Å². The Balaban J connectivity index is 2.34. The number of amides is 1. The first-order chi connectivity index (χ1) is 9.88. The smallest absolute Gasteiger partial charge is 0.248 e. The van der Waals surface area contributed by atoms with E-state index in [1.807, 2.05) is 25.1 Å². The molecule has 0 atom stereocenters. The van der Waals surface area contributed by atoms with Crippen LogP contribution in [0.4, 0.5) is 0 Å². The maximum absolute atomic E-state index is 11.2. The minimum Gasteiger partial charge on any atom is -0.457 e. The van der Waals surface area contributed by atoms with Gasteiger partial charge in [-0.2, -0.15) is 0 Å². The van der Waals surface area contributed by atoms with E-state index in [9.17, 15) is 4.79 Å². The van der Waals surface area contributed by atoms with Crippen molar-refractivity contribution in [2.75, 3.05) is 0 Å². The lowest BCUT2D eigenvalue weighted by atomic mass is 10.0. The topological polar surface area (TPSA) is 52.3 Å². The Morgan fingerprint density at radius 2 is 1.90 bits per heavy atom. The minimum atomic E-state index is -0.425. The van der Waals surface area contributed by atoms with Crippen LogP contribution >= 0.6 is 15.9 Å². The van der Waals surface area contributed by atoms with E-state index in [-0.39, 0.29) is 0 Å². The molecule has 0 radical (unpaired) electrons. The van der Waals surface area contributed by atoms with Crippen molar-refractivity contribution in [2.45, 2.75) is 26.7 Å². The number of ether oxygens (including phenoxy) is 1. The maximum atomic E-state index is 11.2. The summed E-state index contributed by atoms with van der Waals surface area (Å²) in [4.78, 5) is 11.2. The summed E-state index contributed by atoms with van der Waals surface area (Å²) in [6.45, 7) is 6.09. The largest absolute Gasteiger partial charge is 0.457 e. The molecule has 2 rings (SSSR count). The second-order valence-electron chi connectivity index (χ2n) is 5.28. The van der Waals surface area contributed by atoms with Crippen molar-refractivity contribution >= 4 is 21.8 Å². The predicted octanol–water partition coefficient (Wildman–Crippen LogP) is 4.77. The monoisotopic (exact) mass is 347 g/mol. The number of halogens is 1. The summed E-state index contributed by atoms with van der Waals surface area (Å²) in [5.41, 5.74) is 7.76. The number of carbonyl (C=O) groups is 1. The van der Waals surface area contributed by atoms with Gasteiger partial charge in [0, 0.05) is 10.0 Å². The summed E-state index contributed by atoms with van der Waals surface area (Å²) >= 11 is 3.48. The Kier molecular flexibility index (Phi) is 4.68. The highest BCUT2D eigenvalue weighted by Crippen LogP contribution is 2.33. The van der Waals surface area contributed by atoms with E-state index >= 15 is 0 Å². The van der Waals surface area contributed by atoms with E-state index in [1.54, 1.807) is 12.1 Å². The molecule has 0 aliphatic carbocycles. The zero-order valence-electron chi connectivity index (χ0n) is 12.3. The SMILES string of the molecule is Cc1cc(Oc2ccc(Br)cc2C(C)C)ccc1C(N)=O. The molecular weight excluding hydrogens is 330 g/mol. The Labute approximate surface area is 133 Å².